The first-order valence-corrected chi connectivity index (χ1v) is 30.6. The fraction of sp³-hybridized carbons (Fsp3) is 0.920. The van der Waals surface area contributed by atoms with Crippen molar-refractivity contribution < 1.29 is 190 Å². The lowest BCUT2D eigenvalue weighted by atomic mass is 9.93. The highest BCUT2D eigenvalue weighted by Gasteiger charge is 2.59. The molecule has 544 valence electrons. The third-order valence-electron chi connectivity index (χ3n) is 16.3. The molecule has 7 heterocycles. The number of hydrogen-bond donors (Lipinski definition) is 23. The molecule has 0 radical (unpaired) electrons. The van der Waals surface area contributed by atoms with Gasteiger partial charge in [-0.25, -0.2) is 4.18 Å². The van der Waals surface area contributed by atoms with Crippen molar-refractivity contribution in [2.75, 3.05) is 46.2 Å². The highest BCUT2D eigenvalue weighted by atomic mass is 32.3. The van der Waals surface area contributed by atoms with Crippen LogP contribution in [0.1, 0.15) is 27.7 Å². The lowest BCUT2D eigenvalue weighted by molar-refractivity contribution is -0.396. The summed E-state index contributed by atoms with van der Waals surface area (Å²) in [5.41, 5.74) is 0. The van der Waals surface area contributed by atoms with Crippen LogP contribution in [0.25, 0.3) is 0 Å². The summed E-state index contributed by atoms with van der Waals surface area (Å²) in [6.45, 7) is -3.77. The molecule has 7 saturated heterocycles. The zero-order valence-corrected chi connectivity index (χ0v) is 51.0. The molecule has 0 saturated carbocycles. The molecule has 94 heavy (non-hydrogen) atoms. The van der Waals surface area contributed by atoms with Crippen molar-refractivity contribution in [2.24, 2.45) is 0 Å². The number of carbonyl (C=O) groups is 4. The van der Waals surface area contributed by atoms with E-state index >= 15 is 0 Å². The van der Waals surface area contributed by atoms with Gasteiger partial charge in [-0.05, 0) is 0 Å². The van der Waals surface area contributed by atoms with Crippen LogP contribution in [0.3, 0.4) is 0 Å². The molecule has 0 aliphatic carbocycles. The first kappa shape index (κ1) is 77.9. The quantitative estimate of drug-likeness (QED) is 0.0377. The minimum absolute atomic E-state index is 0.769. The molecule has 0 aromatic heterocycles. The molecule has 0 spiro atoms. The Labute approximate surface area is 532 Å². The molecule has 7 fully saturated rings. The van der Waals surface area contributed by atoms with Crippen molar-refractivity contribution in [3.8, 4) is 0 Å². The number of hydrogen-bond acceptors (Lipinski definition) is 38. The zero-order valence-electron chi connectivity index (χ0n) is 50.2. The van der Waals surface area contributed by atoms with Crippen LogP contribution in [-0.4, -0.2) is 389 Å². The summed E-state index contributed by atoms with van der Waals surface area (Å²) in [4.78, 5) is 49.7. The number of amides is 4. The Morgan fingerprint density at radius 3 is 1.11 bits per heavy atom. The molecule has 35 atom stereocenters. The number of rotatable bonds is 25. The van der Waals surface area contributed by atoms with E-state index in [2.05, 4.69) is 25.5 Å². The van der Waals surface area contributed by atoms with Gasteiger partial charge in [-0.2, -0.15) is 8.42 Å². The predicted octanol–water partition coefficient (Wildman–Crippen LogP) is -15.9. The first-order valence-electron chi connectivity index (χ1n) is 29.3. The van der Waals surface area contributed by atoms with Crippen LogP contribution in [0, 0.1) is 0 Å². The van der Waals surface area contributed by atoms with Gasteiger partial charge in [-0.3, -0.25) is 23.7 Å². The number of carbonyl (C=O) groups excluding carboxylic acids is 4. The van der Waals surface area contributed by atoms with Gasteiger partial charge in [0.1, 0.15) is 171 Å². The maximum atomic E-state index is 12.8. The van der Waals surface area contributed by atoms with Gasteiger partial charge in [0.2, 0.25) is 23.6 Å². The van der Waals surface area contributed by atoms with Gasteiger partial charge in [0, 0.05) is 27.7 Å². The maximum absolute atomic E-state index is 12.8. The van der Waals surface area contributed by atoms with Gasteiger partial charge in [0.25, 0.3) is 0 Å². The van der Waals surface area contributed by atoms with Crippen molar-refractivity contribution in [1.29, 1.82) is 0 Å². The van der Waals surface area contributed by atoms with Gasteiger partial charge < -0.3 is 175 Å². The van der Waals surface area contributed by atoms with E-state index in [0.717, 1.165) is 27.7 Å². The van der Waals surface area contributed by atoms with E-state index < -0.39 is 295 Å². The average molecular weight is 1400 g/mol. The topological polar surface area (TPSA) is 664 Å². The van der Waals surface area contributed by atoms with Crippen LogP contribution < -0.4 is 21.3 Å². The summed E-state index contributed by atoms with van der Waals surface area (Å²) >= 11 is 0. The summed E-state index contributed by atoms with van der Waals surface area (Å²) in [5.74, 6) is -3.45. The van der Waals surface area contributed by atoms with Crippen LogP contribution in [0.5, 0.6) is 0 Å². The summed E-state index contributed by atoms with van der Waals surface area (Å²) in [6.07, 6.45) is -64.4. The molecular weight excluding hydrogens is 1310 g/mol. The first-order chi connectivity index (χ1) is 44.2. The Balaban J connectivity index is 1.26. The highest BCUT2D eigenvalue weighted by molar-refractivity contribution is 7.80. The largest absolute Gasteiger partial charge is 0.397 e. The van der Waals surface area contributed by atoms with Gasteiger partial charge in [-0.15, -0.1) is 0 Å². The second kappa shape index (κ2) is 33.6. The fourth-order valence-electron chi connectivity index (χ4n) is 11.6. The molecule has 7 rings (SSSR count). The van der Waals surface area contributed by atoms with Crippen LogP contribution in [-0.2, 0) is 95.3 Å². The average Bonchev–Trinajstić information content (AvgIpc) is 0.781. The van der Waals surface area contributed by atoms with Crippen LogP contribution in [0.15, 0.2) is 0 Å². The third kappa shape index (κ3) is 18.1. The Morgan fingerprint density at radius 1 is 0.330 bits per heavy atom. The molecule has 0 aromatic rings. The van der Waals surface area contributed by atoms with E-state index in [4.69, 9.17) is 61.6 Å². The second-order valence-corrected chi connectivity index (χ2v) is 24.2. The monoisotopic (exact) mass is 1400 g/mol. The highest BCUT2D eigenvalue weighted by Crippen LogP contribution is 2.38. The second-order valence-electron chi connectivity index (χ2n) is 23.1. The summed E-state index contributed by atoms with van der Waals surface area (Å²) in [7, 11) is -5.27. The molecule has 1 unspecified atom stereocenters. The summed E-state index contributed by atoms with van der Waals surface area (Å²) in [6, 6.07) is -7.10. The van der Waals surface area contributed by atoms with E-state index in [1.807, 2.05) is 0 Å². The minimum Gasteiger partial charge on any atom is -0.394 e. The number of aliphatic hydroxyl groups excluding tert-OH is 18. The normalized spacial score (nSPS) is 46.3. The zero-order chi connectivity index (χ0) is 69.7. The van der Waals surface area contributed by atoms with Crippen molar-refractivity contribution in [2.45, 2.75) is 242 Å². The van der Waals surface area contributed by atoms with Crippen molar-refractivity contribution in [3.63, 3.8) is 0 Å². The van der Waals surface area contributed by atoms with E-state index in [0.29, 0.717) is 0 Å². The minimum atomic E-state index is -5.27. The van der Waals surface area contributed by atoms with Crippen LogP contribution >= 0.6 is 0 Å². The van der Waals surface area contributed by atoms with E-state index in [1.165, 1.54) is 0 Å². The molecule has 0 aromatic carbocycles. The molecule has 7 aliphatic rings. The van der Waals surface area contributed by atoms with Crippen molar-refractivity contribution in [1.82, 2.24) is 21.3 Å². The summed E-state index contributed by atoms with van der Waals surface area (Å²) in [5, 5.41) is 209. The molecule has 7 aliphatic heterocycles. The van der Waals surface area contributed by atoms with Gasteiger partial charge >= 0.3 is 10.4 Å². The standard InChI is InChI=1S/C50H84N4O39S/c1-12(60)51-23-34(71)39(19(8-58)82-44(23)76)89-47-26(54-15(4)63)35(72)40(20(9-59)86-47)90-48-38(75)41(91-50-43(37(74)29(66)18(7-57)85-50)93-46-25(53-14(3)62)33(70)30(67)22(87-46)11-81-94(77,78)79)31(68)21(88-48)10-80-49-42(36(73)28(65)17(6-56)84-49)92-45-24(52-13(2)61)32(69)27(64)16(5-55)83-45/h16-50,55-59,64-76H,5-11H2,1-4H3,(H,51,60)(H,52,61)(H,53,62)(H,54,63)(H,77,78,79)/t16-,17-,18-,19-,20-,21-,22-,23-,24-,25-,26-,27-,28-,29-,30-,31-,32-,33-,34-,35-,36+,37+,38+,39-,40-,41+,42+,43+,44?,45+,46+,47+,48+,49+,50-/m1/s1. The van der Waals surface area contributed by atoms with Crippen LogP contribution in [0.4, 0.5) is 0 Å². The Kier molecular flexibility index (Phi) is 27.8. The summed E-state index contributed by atoms with van der Waals surface area (Å²) < 4.78 is 113. The smallest absolute Gasteiger partial charge is 0.394 e. The molecule has 4 amide bonds. The van der Waals surface area contributed by atoms with E-state index in [-0.39, 0.29) is 0 Å². The Hall–Kier alpha value is -3.49. The van der Waals surface area contributed by atoms with Crippen LogP contribution in [0.2, 0.25) is 0 Å². The van der Waals surface area contributed by atoms with Gasteiger partial charge in [0.05, 0.1) is 46.2 Å². The fourth-order valence-corrected chi connectivity index (χ4v) is 11.9. The lowest BCUT2D eigenvalue weighted by Gasteiger charge is -2.51. The molecule has 43 nitrogen and oxygen atoms in total. The molecule has 44 heteroatoms. The number of nitrogens with one attached hydrogen (secondary N) is 4. The Morgan fingerprint density at radius 2 is 0.649 bits per heavy atom. The molecule has 0 bridgehead atoms. The van der Waals surface area contributed by atoms with Crippen molar-refractivity contribution >= 4 is 34.0 Å². The lowest BCUT2D eigenvalue weighted by Crippen LogP contribution is -2.70. The van der Waals surface area contributed by atoms with E-state index in [1.54, 1.807) is 0 Å². The van der Waals surface area contributed by atoms with Gasteiger partial charge in [-0.1, -0.05) is 0 Å². The molecule has 23 N–H and O–H groups in total. The third-order valence-corrected chi connectivity index (χ3v) is 16.8. The number of ether oxygens (including phenoxy) is 13. The van der Waals surface area contributed by atoms with Crippen molar-refractivity contribution in [3.05, 3.63) is 0 Å². The Bertz CT molecular complexity index is 2580. The predicted molar refractivity (Wildman–Crippen MR) is 289 cm³/mol. The van der Waals surface area contributed by atoms with E-state index in [9.17, 15) is 124 Å². The van der Waals surface area contributed by atoms with Gasteiger partial charge in [0.15, 0.2) is 44.0 Å². The molecular formula is C50H84N4O39S. The number of aliphatic hydroxyl groups is 18. The maximum Gasteiger partial charge on any atom is 0.397 e. The SMILES string of the molecule is CC(=O)N[C@H]1[C@H](O[C@H]2[C@H](O)[C@@H](NC(C)=O)C(O)O[C@@H]2CO)O[C@H](CO)[C@@H](O[C@@H]2O[C@H](CO[C@H]3O[C@H](CO)[C@@H](O)[C@H](O)[C@@H]3O[C@@H]3O[C@H](CO)[C@@H](O)[C@H](O)[C@H]3NC(C)=O)[C@@H](O)[C@H](O[C@H]3O[C@H](CO)[C@@H](O)[C@H](O)[C@@H]3O[C@@H]3O[C@H](COS(=O)(=O)O)[C@@H](O)[C@H](O)[C@H]3NC(C)=O)[C@@H]2O)[C@@H]1O.